The van der Waals surface area contributed by atoms with Gasteiger partial charge in [-0.05, 0) is 86.6 Å². The highest BCUT2D eigenvalue weighted by atomic mass is 15.0. The van der Waals surface area contributed by atoms with E-state index in [1.165, 1.54) is 34.3 Å². The largest absolute Gasteiger partial charge is 0.341 e. The molecule has 36 heavy (non-hydrogen) atoms. The molecule has 3 aromatic rings. The molecule has 3 heterocycles. The number of allylic oxidation sites excluding steroid dienone is 3. The molecule has 0 saturated carbocycles. The summed E-state index contributed by atoms with van der Waals surface area (Å²) >= 11 is 0. The van der Waals surface area contributed by atoms with Gasteiger partial charge in [-0.15, -0.1) is 0 Å². The van der Waals surface area contributed by atoms with Crippen molar-refractivity contribution in [2.45, 2.75) is 52.1 Å². The highest BCUT2D eigenvalue weighted by Gasteiger charge is 2.24. The minimum Gasteiger partial charge on any atom is -0.341 e. The highest BCUT2D eigenvalue weighted by Crippen LogP contribution is 2.38. The van der Waals surface area contributed by atoms with Crippen LogP contribution in [-0.2, 0) is 6.54 Å². The summed E-state index contributed by atoms with van der Waals surface area (Å²) in [5, 5.41) is 10.4. The van der Waals surface area contributed by atoms with Crippen LogP contribution in [0, 0.1) is 12.8 Å². The fraction of sp³-hybridized carbons (Fsp3) is 0.448. The van der Waals surface area contributed by atoms with Crippen LogP contribution in [0.2, 0.25) is 0 Å². The van der Waals surface area contributed by atoms with Gasteiger partial charge in [0.2, 0.25) is 0 Å². The van der Waals surface area contributed by atoms with E-state index in [2.05, 4.69) is 80.1 Å². The van der Waals surface area contributed by atoms with Gasteiger partial charge in [-0.2, -0.15) is 0 Å². The van der Waals surface area contributed by atoms with E-state index in [1.807, 2.05) is 19.4 Å². The van der Waals surface area contributed by atoms with Gasteiger partial charge in [0.05, 0.1) is 36.4 Å². The minimum absolute atomic E-state index is 0.355. The van der Waals surface area contributed by atoms with Crippen LogP contribution in [-0.4, -0.2) is 46.6 Å². The Kier molecular flexibility index (Phi) is 7.80. The summed E-state index contributed by atoms with van der Waals surface area (Å²) < 4.78 is 0. The molecular weight excluding hydrogens is 446 g/mol. The summed E-state index contributed by atoms with van der Waals surface area (Å²) in [7, 11) is 2.04. The Hall–Kier alpha value is -3.00. The molecule has 2 unspecified atom stereocenters. The van der Waals surface area contributed by atoms with Crippen molar-refractivity contribution in [2.75, 3.05) is 26.7 Å². The molecule has 1 fully saturated rings. The number of hydrogen-bond acceptors (Lipinski definition) is 5. The molecule has 7 heteroatoms. The summed E-state index contributed by atoms with van der Waals surface area (Å²) in [4.78, 5) is 16.3. The third-order valence-corrected chi connectivity index (χ3v) is 7.35. The third kappa shape index (κ3) is 5.38. The van der Waals surface area contributed by atoms with Crippen LogP contribution >= 0.6 is 0 Å². The highest BCUT2D eigenvalue weighted by molar-refractivity contribution is 5.81. The molecule has 5 rings (SSSR count). The van der Waals surface area contributed by atoms with Gasteiger partial charge in [0.15, 0.2) is 0 Å². The van der Waals surface area contributed by atoms with E-state index in [0.717, 1.165) is 68.5 Å². The zero-order valence-electron chi connectivity index (χ0n) is 21.7. The molecule has 0 amide bonds. The van der Waals surface area contributed by atoms with E-state index in [1.54, 1.807) is 0 Å². The number of aryl methyl sites for hydroxylation is 1. The van der Waals surface area contributed by atoms with Crippen molar-refractivity contribution in [1.29, 1.82) is 0 Å². The van der Waals surface area contributed by atoms with Crippen molar-refractivity contribution in [2.24, 2.45) is 5.92 Å². The Morgan fingerprint density at radius 2 is 1.97 bits per heavy atom. The topological polar surface area (TPSA) is 93.4 Å². The number of hydrogen-bond donors (Lipinski definition) is 5. The molecule has 1 aliphatic carbocycles. The Morgan fingerprint density at radius 3 is 2.75 bits per heavy atom. The van der Waals surface area contributed by atoms with Crippen molar-refractivity contribution in [3.05, 3.63) is 71.2 Å². The fourth-order valence-electron chi connectivity index (χ4n) is 5.44. The summed E-state index contributed by atoms with van der Waals surface area (Å²) in [6.45, 7) is 8.19. The predicted molar refractivity (Wildman–Crippen MR) is 147 cm³/mol. The zero-order valence-corrected chi connectivity index (χ0v) is 21.7. The summed E-state index contributed by atoms with van der Waals surface area (Å²) in [5.74, 6) is 2.45. The van der Waals surface area contributed by atoms with E-state index in [4.69, 9.17) is 0 Å². The summed E-state index contributed by atoms with van der Waals surface area (Å²) in [6.07, 6.45) is 13.0. The number of H-pyrrole nitrogens is 2. The first-order valence-corrected chi connectivity index (χ1v) is 13.4. The van der Waals surface area contributed by atoms with Crippen LogP contribution in [0.4, 0.5) is 0 Å². The Bertz CT molecular complexity index is 1230. The van der Waals surface area contributed by atoms with Crippen LogP contribution in [0.1, 0.15) is 67.1 Å². The van der Waals surface area contributed by atoms with Gasteiger partial charge in [0, 0.05) is 12.5 Å². The molecule has 190 valence electrons. The lowest BCUT2D eigenvalue weighted by molar-refractivity contribution is 0.613. The number of benzene rings is 1. The normalized spacial score (nSPS) is 20.0. The molecular formula is C29H39N7. The van der Waals surface area contributed by atoms with Gasteiger partial charge >= 0.3 is 0 Å². The van der Waals surface area contributed by atoms with Gasteiger partial charge in [-0.25, -0.2) is 9.97 Å². The maximum Gasteiger partial charge on any atom is 0.123 e. The standard InChI is InChI=1S/C29H39N7/c1-4-11-31-18-28-33-16-26(35-28)21-8-10-24(22(14-21)15-30-3)23-9-7-20(13-19(23)2)27-17-34-29(36-27)25-6-5-12-32-25/h7-10,13,16-17,22,25,30-32H,4-6,11-12,14-15,18H2,1-3H3,(H,33,35)(H,34,36). The molecule has 2 aromatic heterocycles. The Labute approximate surface area is 214 Å². The maximum atomic E-state index is 4.65. The molecule has 0 radical (unpaired) electrons. The predicted octanol–water partition coefficient (Wildman–Crippen LogP) is 4.74. The number of imidazole rings is 2. The smallest absolute Gasteiger partial charge is 0.123 e. The fourth-order valence-corrected chi connectivity index (χ4v) is 5.44. The van der Waals surface area contributed by atoms with Crippen LogP contribution in [0.25, 0.3) is 22.4 Å². The number of nitrogens with one attached hydrogen (secondary N) is 5. The molecule has 2 aliphatic rings. The van der Waals surface area contributed by atoms with Gasteiger partial charge in [0.1, 0.15) is 11.6 Å². The summed E-state index contributed by atoms with van der Waals surface area (Å²) in [5.41, 5.74) is 8.71. The monoisotopic (exact) mass is 485 g/mol. The Balaban J connectivity index is 1.36. The lowest BCUT2D eigenvalue weighted by atomic mass is 9.81. The zero-order chi connectivity index (χ0) is 24.9. The maximum absolute atomic E-state index is 4.65. The molecule has 0 bridgehead atoms. The number of rotatable bonds is 10. The lowest BCUT2D eigenvalue weighted by Gasteiger charge is -2.26. The molecule has 1 aromatic carbocycles. The lowest BCUT2D eigenvalue weighted by Crippen LogP contribution is -2.22. The summed E-state index contributed by atoms with van der Waals surface area (Å²) in [6, 6.07) is 7.15. The molecule has 2 atom stereocenters. The second-order valence-corrected chi connectivity index (χ2v) is 10.1. The number of nitrogens with zero attached hydrogens (tertiary/aromatic N) is 2. The van der Waals surface area contributed by atoms with Crippen molar-refractivity contribution >= 4 is 11.1 Å². The third-order valence-electron chi connectivity index (χ3n) is 7.35. The van der Waals surface area contributed by atoms with Crippen LogP contribution in [0.15, 0.2) is 42.7 Å². The van der Waals surface area contributed by atoms with Gasteiger partial charge in [-0.3, -0.25) is 0 Å². The molecule has 1 aliphatic heterocycles. The van der Waals surface area contributed by atoms with Gasteiger partial charge in [0.25, 0.3) is 0 Å². The first kappa shape index (κ1) is 24.7. The number of aromatic amines is 2. The minimum atomic E-state index is 0.355. The number of aromatic nitrogens is 4. The Morgan fingerprint density at radius 1 is 1.08 bits per heavy atom. The first-order chi connectivity index (χ1) is 17.7. The SMILES string of the molecule is CCCNCc1ncc(C2=CC=C(c3ccc(-c4cnc(C5CCCN5)[nH]4)cc3C)C(CNC)C2)[nH]1. The van der Waals surface area contributed by atoms with Gasteiger partial charge < -0.3 is 25.9 Å². The molecule has 5 N–H and O–H groups in total. The second-order valence-electron chi connectivity index (χ2n) is 10.1. The molecule has 7 nitrogen and oxygen atoms in total. The quantitative estimate of drug-likeness (QED) is 0.268. The van der Waals surface area contributed by atoms with Crippen LogP contribution < -0.4 is 16.0 Å². The van der Waals surface area contributed by atoms with Crippen LogP contribution in [0.5, 0.6) is 0 Å². The van der Waals surface area contributed by atoms with E-state index in [0.29, 0.717) is 12.0 Å². The average molecular weight is 486 g/mol. The van der Waals surface area contributed by atoms with Crippen LogP contribution in [0.3, 0.4) is 0 Å². The second kappa shape index (κ2) is 11.4. The van der Waals surface area contributed by atoms with Crippen molar-refractivity contribution in [3.63, 3.8) is 0 Å². The average Bonchev–Trinajstić information content (AvgIpc) is 3.66. The van der Waals surface area contributed by atoms with Crippen molar-refractivity contribution < 1.29 is 0 Å². The molecule has 0 spiro atoms. The van der Waals surface area contributed by atoms with Crippen molar-refractivity contribution in [3.8, 4) is 11.3 Å². The van der Waals surface area contributed by atoms with E-state index in [9.17, 15) is 0 Å². The van der Waals surface area contributed by atoms with E-state index < -0.39 is 0 Å². The van der Waals surface area contributed by atoms with E-state index >= 15 is 0 Å². The molecule has 1 saturated heterocycles. The van der Waals surface area contributed by atoms with Crippen molar-refractivity contribution in [1.82, 2.24) is 35.9 Å². The first-order valence-electron chi connectivity index (χ1n) is 13.4. The van der Waals surface area contributed by atoms with E-state index in [-0.39, 0.29) is 0 Å². The van der Waals surface area contributed by atoms with Gasteiger partial charge in [-0.1, -0.05) is 31.2 Å².